The molecule has 1 N–H and O–H groups in total. The minimum Gasteiger partial charge on any atom is -0.326 e. The van der Waals surface area contributed by atoms with Crippen LogP contribution in [0.25, 0.3) is 11.3 Å². The fourth-order valence-electron chi connectivity index (χ4n) is 2.61. The molecule has 0 saturated carbocycles. The van der Waals surface area contributed by atoms with Crippen molar-refractivity contribution in [3.05, 3.63) is 64.3 Å². The van der Waals surface area contributed by atoms with Gasteiger partial charge in [-0.25, -0.2) is 4.99 Å². The van der Waals surface area contributed by atoms with Crippen LogP contribution in [0.4, 0.5) is 11.4 Å². The Bertz CT molecular complexity index is 934. The van der Waals surface area contributed by atoms with Crippen LogP contribution in [0.15, 0.2) is 58.9 Å². The van der Waals surface area contributed by atoms with Crippen molar-refractivity contribution in [3.8, 4) is 11.3 Å². The Balaban J connectivity index is 1.96. The Labute approximate surface area is 151 Å². The Hall–Kier alpha value is -2.66. The molecule has 3 rings (SSSR count). The maximum absolute atomic E-state index is 11.1. The molecule has 0 bridgehead atoms. The van der Waals surface area contributed by atoms with E-state index in [0.717, 1.165) is 22.7 Å². The van der Waals surface area contributed by atoms with E-state index in [4.69, 9.17) is 4.99 Å². The van der Waals surface area contributed by atoms with Gasteiger partial charge in [-0.2, -0.15) is 0 Å². The molecule has 0 spiro atoms. The molecular formula is C20H21N3OS. The smallest absolute Gasteiger partial charge is 0.221 e. The molecule has 1 heterocycles. The molecule has 0 fully saturated rings. The first-order valence-corrected chi connectivity index (χ1v) is 9.12. The normalized spacial score (nSPS) is 11.6. The fraction of sp³-hybridized carbons (Fsp3) is 0.200. The first kappa shape index (κ1) is 17.2. The van der Waals surface area contributed by atoms with Crippen LogP contribution in [0.3, 0.4) is 0 Å². The highest BCUT2D eigenvalue weighted by atomic mass is 32.1. The third kappa shape index (κ3) is 4.06. The van der Waals surface area contributed by atoms with Crippen LogP contribution < -0.4 is 10.1 Å². The van der Waals surface area contributed by atoms with Crippen LogP contribution in [0.5, 0.6) is 0 Å². The van der Waals surface area contributed by atoms with Crippen molar-refractivity contribution in [2.24, 2.45) is 4.99 Å². The predicted molar refractivity (Wildman–Crippen MR) is 104 cm³/mol. The van der Waals surface area contributed by atoms with Gasteiger partial charge in [0, 0.05) is 24.5 Å². The highest BCUT2D eigenvalue weighted by molar-refractivity contribution is 7.07. The Morgan fingerprint density at radius 1 is 1.12 bits per heavy atom. The molecule has 0 aliphatic carbocycles. The lowest BCUT2D eigenvalue weighted by Gasteiger charge is -2.06. The van der Waals surface area contributed by atoms with Crippen molar-refractivity contribution in [1.29, 1.82) is 0 Å². The number of hydrogen-bond donors (Lipinski definition) is 1. The van der Waals surface area contributed by atoms with Gasteiger partial charge in [0.15, 0.2) is 4.80 Å². The number of aromatic nitrogens is 1. The largest absolute Gasteiger partial charge is 0.326 e. The Kier molecular flexibility index (Phi) is 5.14. The maximum atomic E-state index is 11.1. The number of aryl methyl sites for hydroxylation is 1. The predicted octanol–water partition coefficient (Wildman–Crippen LogP) is 4.74. The summed E-state index contributed by atoms with van der Waals surface area (Å²) in [4.78, 5) is 16.8. The minimum absolute atomic E-state index is 0.0745. The van der Waals surface area contributed by atoms with Gasteiger partial charge < -0.3 is 9.88 Å². The summed E-state index contributed by atoms with van der Waals surface area (Å²) >= 11 is 1.64. The number of thiazole rings is 1. The molecular weight excluding hydrogens is 330 g/mol. The van der Waals surface area contributed by atoms with Crippen LogP contribution in [0.1, 0.15) is 19.4 Å². The van der Waals surface area contributed by atoms with Crippen LogP contribution in [-0.2, 0) is 11.3 Å². The van der Waals surface area contributed by atoms with Gasteiger partial charge in [-0.1, -0.05) is 29.8 Å². The zero-order valence-electron chi connectivity index (χ0n) is 14.6. The SMILES string of the molecule is CCn1c(-c2ccc(C)cc2)csc1=Nc1ccc(NC(C)=O)cc1. The summed E-state index contributed by atoms with van der Waals surface area (Å²) in [6.45, 7) is 6.58. The Morgan fingerprint density at radius 2 is 1.80 bits per heavy atom. The molecule has 5 heteroatoms. The summed E-state index contributed by atoms with van der Waals surface area (Å²) in [5, 5.41) is 4.92. The quantitative estimate of drug-likeness (QED) is 0.725. The van der Waals surface area contributed by atoms with Crippen molar-refractivity contribution in [3.63, 3.8) is 0 Å². The number of carbonyl (C=O) groups excluding carboxylic acids is 1. The van der Waals surface area contributed by atoms with Gasteiger partial charge in [0.25, 0.3) is 0 Å². The molecule has 128 valence electrons. The molecule has 1 aromatic heterocycles. The third-order valence-corrected chi connectivity index (χ3v) is 4.74. The van der Waals surface area contributed by atoms with Gasteiger partial charge in [0.1, 0.15) is 0 Å². The monoisotopic (exact) mass is 351 g/mol. The van der Waals surface area contributed by atoms with E-state index >= 15 is 0 Å². The van der Waals surface area contributed by atoms with E-state index in [-0.39, 0.29) is 5.91 Å². The van der Waals surface area contributed by atoms with Crippen molar-refractivity contribution < 1.29 is 4.79 Å². The topological polar surface area (TPSA) is 46.4 Å². The molecule has 4 nitrogen and oxygen atoms in total. The molecule has 3 aromatic rings. The first-order valence-electron chi connectivity index (χ1n) is 8.24. The van der Waals surface area contributed by atoms with E-state index in [0.29, 0.717) is 0 Å². The van der Waals surface area contributed by atoms with Gasteiger partial charge in [0.05, 0.1) is 11.4 Å². The van der Waals surface area contributed by atoms with Crippen molar-refractivity contribution >= 4 is 28.6 Å². The minimum atomic E-state index is -0.0745. The summed E-state index contributed by atoms with van der Waals surface area (Å²) in [5.74, 6) is -0.0745. The number of hydrogen-bond acceptors (Lipinski definition) is 3. The lowest BCUT2D eigenvalue weighted by atomic mass is 10.1. The van der Waals surface area contributed by atoms with E-state index in [9.17, 15) is 4.79 Å². The highest BCUT2D eigenvalue weighted by Crippen LogP contribution is 2.22. The molecule has 0 saturated heterocycles. The standard InChI is InChI=1S/C20H21N3OS/c1-4-23-19(16-7-5-14(2)6-8-16)13-25-20(23)22-18-11-9-17(10-12-18)21-15(3)24/h5-13H,4H2,1-3H3,(H,21,24). The summed E-state index contributed by atoms with van der Waals surface area (Å²) in [6.07, 6.45) is 0. The van der Waals surface area contributed by atoms with Crippen molar-refractivity contribution in [2.75, 3.05) is 5.32 Å². The number of nitrogens with one attached hydrogen (secondary N) is 1. The summed E-state index contributed by atoms with van der Waals surface area (Å²) < 4.78 is 2.22. The first-order chi connectivity index (χ1) is 12.1. The summed E-state index contributed by atoms with van der Waals surface area (Å²) in [6, 6.07) is 16.1. The molecule has 0 aliphatic heterocycles. The summed E-state index contributed by atoms with van der Waals surface area (Å²) in [5.41, 5.74) is 5.29. The van der Waals surface area contributed by atoms with E-state index in [1.165, 1.54) is 23.7 Å². The number of nitrogens with zero attached hydrogens (tertiary/aromatic N) is 2. The van der Waals surface area contributed by atoms with E-state index < -0.39 is 0 Å². The molecule has 2 aromatic carbocycles. The number of benzene rings is 2. The second-order valence-electron chi connectivity index (χ2n) is 5.85. The van der Waals surface area contributed by atoms with Gasteiger partial charge in [-0.15, -0.1) is 11.3 Å². The molecule has 0 unspecified atom stereocenters. The van der Waals surface area contributed by atoms with Gasteiger partial charge in [-0.05, 0) is 43.7 Å². The lowest BCUT2D eigenvalue weighted by Crippen LogP contribution is -2.14. The average Bonchev–Trinajstić information content (AvgIpc) is 2.99. The third-order valence-electron chi connectivity index (χ3n) is 3.87. The molecule has 0 atom stereocenters. The van der Waals surface area contributed by atoms with Gasteiger partial charge in [-0.3, -0.25) is 4.79 Å². The number of amides is 1. The van der Waals surface area contributed by atoms with Crippen molar-refractivity contribution in [1.82, 2.24) is 4.57 Å². The molecule has 1 amide bonds. The second-order valence-corrected chi connectivity index (χ2v) is 6.69. The molecule has 25 heavy (non-hydrogen) atoms. The lowest BCUT2D eigenvalue weighted by molar-refractivity contribution is -0.114. The van der Waals surface area contributed by atoms with Crippen molar-refractivity contribution in [2.45, 2.75) is 27.3 Å². The maximum Gasteiger partial charge on any atom is 0.221 e. The van der Waals surface area contributed by atoms with Crippen LogP contribution in [-0.4, -0.2) is 10.5 Å². The van der Waals surface area contributed by atoms with E-state index in [1.54, 1.807) is 11.3 Å². The van der Waals surface area contributed by atoms with Gasteiger partial charge >= 0.3 is 0 Å². The van der Waals surface area contributed by atoms with Crippen LogP contribution in [0, 0.1) is 6.92 Å². The second kappa shape index (κ2) is 7.49. The Morgan fingerprint density at radius 3 is 2.40 bits per heavy atom. The fourth-order valence-corrected chi connectivity index (χ4v) is 3.61. The zero-order valence-corrected chi connectivity index (χ0v) is 15.4. The molecule has 0 aliphatic rings. The van der Waals surface area contributed by atoms with Gasteiger partial charge in [0.2, 0.25) is 5.91 Å². The zero-order chi connectivity index (χ0) is 17.8. The average molecular weight is 351 g/mol. The van der Waals surface area contributed by atoms with E-state index in [1.807, 2.05) is 24.3 Å². The number of rotatable bonds is 4. The van der Waals surface area contributed by atoms with E-state index in [2.05, 4.69) is 53.4 Å². The van der Waals surface area contributed by atoms with Crippen LogP contribution in [0.2, 0.25) is 0 Å². The van der Waals surface area contributed by atoms with Crippen LogP contribution >= 0.6 is 11.3 Å². The number of anilines is 1. The molecule has 0 radical (unpaired) electrons. The summed E-state index contributed by atoms with van der Waals surface area (Å²) in [7, 11) is 0. The highest BCUT2D eigenvalue weighted by Gasteiger charge is 2.06. The number of carbonyl (C=O) groups is 1.